The first-order valence-corrected chi connectivity index (χ1v) is 7.77. The molecule has 0 amide bonds. The highest BCUT2D eigenvalue weighted by Gasteiger charge is 2.51. The molecule has 2 saturated carbocycles. The van der Waals surface area contributed by atoms with E-state index in [1.54, 1.807) is 0 Å². The molecule has 0 radical (unpaired) electrons. The minimum atomic E-state index is 0.382. The van der Waals surface area contributed by atoms with Gasteiger partial charge in [-0.1, -0.05) is 26.2 Å². The van der Waals surface area contributed by atoms with Crippen molar-refractivity contribution in [1.82, 2.24) is 4.90 Å². The summed E-state index contributed by atoms with van der Waals surface area (Å²) in [5.41, 5.74) is 6.66. The summed E-state index contributed by atoms with van der Waals surface area (Å²) in [5, 5.41) is 0. The number of nitrogens with two attached hydrogens (primary N) is 1. The first-order valence-electron chi connectivity index (χ1n) is 7.77. The van der Waals surface area contributed by atoms with E-state index in [9.17, 15) is 0 Å². The average molecular weight is 236 g/mol. The second kappa shape index (κ2) is 4.55. The van der Waals surface area contributed by atoms with Crippen molar-refractivity contribution in [2.45, 2.75) is 69.9 Å². The highest BCUT2D eigenvalue weighted by molar-refractivity contribution is 5.06. The van der Waals surface area contributed by atoms with Crippen LogP contribution in [0.3, 0.4) is 0 Å². The van der Waals surface area contributed by atoms with Gasteiger partial charge in [-0.3, -0.25) is 4.90 Å². The van der Waals surface area contributed by atoms with Crippen molar-refractivity contribution in [3.8, 4) is 0 Å². The molecule has 0 aromatic rings. The SMILES string of the molecule is CCC1CCCCC1(CN)N1CC2CCC1C2. The van der Waals surface area contributed by atoms with E-state index in [-0.39, 0.29) is 0 Å². The Labute approximate surface area is 106 Å². The van der Waals surface area contributed by atoms with Gasteiger partial charge in [0.15, 0.2) is 0 Å². The van der Waals surface area contributed by atoms with Crippen molar-refractivity contribution in [3.63, 3.8) is 0 Å². The average Bonchev–Trinajstić information content (AvgIpc) is 3.01. The van der Waals surface area contributed by atoms with E-state index >= 15 is 0 Å². The van der Waals surface area contributed by atoms with Gasteiger partial charge in [0, 0.05) is 24.7 Å². The van der Waals surface area contributed by atoms with Gasteiger partial charge in [-0.05, 0) is 43.9 Å². The molecule has 1 saturated heterocycles. The van der Waals surface area contributed by atoms with Crippen LogP contribution >= 0.6 is 0 Å². The fourth-order valence-electron chi connectivity index (χ4n) is 5.11. The molecule has 1 aliphatic heterocycles. The number of hydrogen-bond donors (Lipinski definition) is 1. The van der Waals surface area contributed by atoms with Gasteiger partial charge in [0.25, 0.3) is 0 Å². The van der Waals surface area contributed by atoms with E-state index in [1.165, 1.54) is 57.9 Å². The third kappa shape index (κ3) is 1.76. The number of rotatable bonds is 3. The number of fused-ring (bicyclic) bond motifs is 2. The molecule has 2 bridgehead atoms. The monoisotopic (exact) mass is 236 g/mol. The van der Waals surface area contributed by atoms with Crippen LogP contribution in [0, 0.1) is 11.8 Å². The van der Waals surface area contributed by atoms with Gasteiger partial charge >= 0.3 is 0 Å². The fraction of sp³-hybridized carbons (Fsp3) is 1.00. The van der Waals surface area contributed by atoms with E-state index in [0.29, 0.717) is 5.54 Å². The minimum absolute atomic E-state index is 0.382. The van der Waals surface area contributed by atoms with E-state index in [1.807, 2.05) is 0 Å². The summed E-state index contributed by atoms with van der Waals surface area (Å²) in [7, 11) is 0. The van der Waals surface area contributed by atoms with Crippen molar-refractivity contribution in [1.29, 1.82) is 0 Å². The molecule has 0 aromatic heterocycles. The Morgan fingerprint density at radius 3 is 2.71 bits per heavy atom. The fourth-order valence-corrected chi connectivity index (χ4v) is 5.11. The lowest BCUT2D eigenvalue weighted by Gasteiger charge is -2.52. The molecule has 3 fully saturated rings. The molecular weight excluding hydrogens is 208 g/mol. The Morgan fingerprint density at radius 1 is 1.24 bits per heavy atom. The summed E-state index contributed by atoms with van der Waals surface area (Å²) in [5.74, 6) is 1.86. The zero-order chi connectivity index (χ0) is 11.9. The van der Waals surface area contributed by atoms with Crippen molar-refractivity contribution >= 4 is 0 Å². The Hall–Kier alpha value is -0.0800. The van der Waals surface area contributed by atoms with Crippen LogP contribution in [0.25, 0.3) is 0 Å². The van der Waals surface area contributed by atoms with E-state index in [4.69, 9.17) is 5.73 Å². The summed E-state index contributed by atoms with van der Waals surface area (Å²) >= 11 is 0. The van der Waals surface area contributed by atoms with Crippen LogP contribution in [-0.2, 0) is 0 Å². The second-order valence-corrected chi connectivity index (χ2v) is 6.64. The summed E-state index contributed by atoms with van der Waals surface area (Å²) in [6.45, 7) is 4.63. The summed E-state index contributed by atoms with van der Waals surface area (Å²) < 4.78 is 0. The maximum atomic E-state index is 6.27. The van der Waals surface area contributed by atoms with Crippen molar-refractivity contribution in [2.24, 2.45) is 17.6 Å². The largest absolute Gasteiger partial charge is 0.329 e. The van der Waals surface area contributed by atoms with E-state index in [2.05, 4.69) is 11.8 Å². The number of piperidine rings is 1. The molecule has 98 valence electrons. The van der Waals surface area contributed by atoms with Crippen molar-refractivity contribution in [3.05, 3.63) is 0 Å². The number of nitrogens with zero attached hydrogens (tertiary/aromatic N) is 1. The van der Waals surface area contributed by atoms with Gasteiger partial charge in [0.05, 0.1) is 0 Å². The molecule has 4 atom stereocenters. The molecule has 1 heterocycles. The van der Waals surface area contributed by atoms with Crippen molar-refractivity contribution in [2.75, 3.05) is 13.1 Å². The normalized spacial score (nSPS) is 46.6. The first kappa shape index (κ1) is 12.0. The third-order valence-corrected chi connectivity index (χ3v) is 6.00. The van der Waals surface area contributed by atoms with E-state index in [0.717, 1.165) is 24.4 Å². The second-order valence-electron chi connectivity index (χ2n) is 6.64. The summed E-state index contributed by atoms with van der Waals surface area (Å²) in [4.78, 5) is 2.87. The van der Waals surface area contributed by atoms with Gasteiger partial charge in [-0.2, -0.15) is 0 Å². The van der Waals surface area contributed by atoms with Crippen LogP contribution in [0.4, 0.5) is 0 Å². The zero-order valence-electron chi connectivity index (χ0n) is 11.3. The molecule has 4 unspecified atom stereocenters. The van der Waals surface area contributed by atoms with Crippen LogP contribution in [-0.4, -0.2) is 29.6 Å². The summed E-state index contributed by atoms with van der Waals surface area (Å²) in [6, 6.07) is 0.885. The number of hydrogen-bond acceptors (Lipinski definition) is 2. The molecule has 3 rings (SSSR count). The van der Waals surface area contributed by atoms with Crippen LogP contribution in [0.15, 0.2) is 0 Å². The molecule has 2 heteroatoms. The highest BCUT2D eigenvalue weighted by Crippen LogP contribution is 2.48. The van der Waals surface area contributed by atoms with Crippen LogP contribution in [0.5, 0.6) is 0 Å². The predicted octanol–water partition coefficient (Wildman–Crippen LogP) is 2.77. The zero-order valence-corrected chi connectivity index (χ0v) is 11.3. The molecule has 0 spiro atoms. The van der Waals surface area contributed by atoms with E-state index < -0.39 is 0 Å². The van der Waals surface area contributed by atoms with Gasteiger partial charge < -0.3 is 5.73 Å². The van der Waals surface area contributed by atoms with Crippen LogP contribution in [0.2, 0.25) is 0 Å². The van der Waals surface area contributed by atoms with Gasteiger partial charge in [-0.15, -0.1) is 0 Å². The highest BCUT2D eigenvalue weighted by atomic mass is 15.3. The standard InChI is InChI=1S/C15H28N2/c1-2-13-5-3-4-8-15(13,11-16)17-10-12-6-7-14(17)9-12/h12-14H,2-11,16H2,1H3. The maximum absolute atomic E-state index is 6.27. The third-order valence-electron chi connectivity index (χ3n) is 6.00. The Kier molecular flexibility index (Phi) is 3.20. The quantitative estimate of drug-likeness (QED) is 0.816. The minimum Gasteiger partial charge on any atom is -0.329 e. The molecule has 0 aromatic carbocycles. The van der Waals surface area contributed by atoms with Crippen LogP contribution in [0.1, 0.15) is 58.3 Å². The van der Waals surface area contributed by atoms with Crippen molar-refractivity contribution < 1.29 is 0 Å². The van der Waals surface area contributed by atoms with Gasteiger partial charge in [0.2, 0.25) is 0 Å². The smallest absolute Gasteiger partial charge is 0.0362 e. The first-order chi connectivity index (χ1) is 8.30. The Balaban J connectivity index is 1.84. The van der Waals surface area contributed by atoms with Crippen LogP contribution < -0.4 is 5.73 Å². The lowest BCUT2D eigenvalue weighted by Crippen LogP contribution is -2.61. The summed E-state index contributed by atoms with van der Waals surface area (Å²) in [6.07, 6.45) is 11.3. The molecule has 17 heavy (non-hydrogen) atoms. The topological polar surface area (TPSA) is 29.3 Å². The molecule has 2 aliphatic carbocycles. The molecular formula is C15H28N2. The lowest BCUT2D eigenvalue weighted by molar-refractivity contribution is -0.0167. The number of likely N-dealkylation sites (tertiary alicyclic amines) is 1. The molecule has 2 N–H and O–H groups in total. The van der Waals surface area contributed by atoms with Gasteiger partial charge in [-0.25, -0.2) is 0 Å². The maximum Gasteiger partial charge on any atom is 0.0362 e. The van der Waals surface area contributed by atoms with Gasteiger partial charge in [0.1, 0.15) is 0 Å². The lowest BCUT2D eigenvalue weighted by atomic mass is 9.69. The Bertz CT molecular complexity index is 278. The molecule has 2 nitrogen and oxygen atoms in total. The predicted molar refractivity (Wildman–Crippen MR) is 71.9 cm³/mol. The molecule has 3 aliphatic rings. The Morgan fingerprint density at radius 2 is 2.12 bits per heavy atom.